The molecule has 0 unspecified atom stereocenters. The van der Waals surface area contributed by atoms with Gasteiger partial charge in [-0.05, 0) is 0 Å². The first-order chi connectivity index (χ1) is 0. The van der Waals surface area contributed by atoms with Crippen molar-refractivity contribution < 1.29 is 115 Å². The fourth-order valence-electron chi connectivity index (χ4n) is 0. The van der Waals surface area contributed by atoms with Crippen LogP contribution >= 0.6 is 0 Å². The van der Waals surface area contributed by atoms with E-state index in [0.29, 0.717) is 0 Å². The van der Waals surface area contributed by atoms with Gasteiger partial charge in [0.05, 0.1) is 0 Å². The molecule has 0 heterocycles. The smallest absolute Gasteiger partial charge is 1.00 e. The molecule has 0 spiro atoms. The molecule has 0 nitrogen and oxygen atoms in total. The zero-order valence-electron chi connectivity index (χ0n) is 4.15. The third kappa shape index (κ3) is 142. The second-order valence-corrected chi connectivity index (χ2v) is 0. The Labute approximate surface area is 113 Å². The van der Waals surface area contributed by atoms with E-state index in [9.17, 15) is 0 Å². The van der Waals surface area contributed by atoms with Crippen LogP contribution in [0.25, 0.3) is 0 Å². The Hall–Kier alpha value is 2.20. The van der Waals surface area contributed by atoms with Gasteiger partial charge in [-0.15, -0.1) is 0 Å². The summed E-state index contributed by atoms with van der Waals surface area (Å²) in [6, 6.07) is 0. The third-order valence-electron chi connectivity index (χ3n) is 0. The zero-order chi connectivity index (χ0) is 0. The summed E-state index contributed by atoms with van der Waals surface area (Å²) in [7, 11) is 0. The van der Waals surface area contributed by atoms with Crippen LogP contribution in [0.5, 0.6) is 0 Å². The number of halogens is 7. The van der Waals surface area contributed by atoms with Crippen LogP contribution in [-0.4, -0.2) is 0 Å². The number of rotatable bonds is 0. The largest absolute Gasteiger partial charge is 1.00 e. The van der Waals surface area contributed by atoms with Crippen LogP contribution in [0, 0.1) is 31.1 Å². The topological polar surface area (TPSA) is 0 Å². The normalized spacial score (nSPS) is 0. The van der Waals surface area contributed by atoms with Crippen molar-refractivity contribution in [2.75, 3.05) is 0 Å². The number of hydrogen-bond acceptors (Lipinski definition) is 0. The Morgan fingerprint density at radius 3 is 0.333 bits per heavy atom. The molecule has 0 rings (SSSR count). The molecule has 0 aliphatic rings. The van der Waals surface area contributed by atoms with Crippen molar-refractivity contribution in [1.82, 2.24) is 0 Å². The first kappa shape index (κ1) is 241. The molecule has 0 saturated heterocycles. The first-order valence-electron chi connectivity index (χ1n) is 0. The van der Waals surface area contributed by atoms with Crippen LogP contribution in [-0.2, 0) is 0 Å². The summed E-state index contributed by atoms with van der Waals surface area (Å²) in [6.07, 6.45) is 0. The van der Waals surface area contributed by atoms with E-state index < -0.39 is 0 Å². The Balaban J connectivity index is 0. The fraction of sp³-hybridized carbons (Fsp3) is 0. The fourth-order valence-corrected chi connectivity index (χ4v) is 0. The summed E-state index contributed by atoms with van der Waals surface area (Å²) in [5, 5.41) is 0. The van der Waals surface area contributed by atoms with E-state index in [0.717, 1.165) is 0 Å². The predicted molar refractivity (Wildman–Crippen MR) is 0 cm³/mol. The van der Waals surface area contributed by atoms with Gasteiger partial charge in [0.15, 0.2) is 0 Å². The molecule has 0 amide bonds. The third-order valence-corrected chi connectivity index (χ3v) is 0. The molecular formula is F7KU-6. The van der Waals surface area contributed by atoms with Gasteiger partial charge >= 0.3 is 51.4 Å². The summed E-state index contributed by atoms with van der Waals surface area (Å²) in [6.45, 7) is 0. The molecule has 0 saturated carbocycles. The molecule has 0 aromatic heterocycles. The van der Waals surface area contributed by atoms with E-state index in [-0.39, 0.29) is 115 Å². The summed E-state index contributed by atoms with van der Waals surface area (Å²) in [5.41, 5.74) is 0. The Morgan fingerprint density at radius 2 is 0.333 bits per heavy atom. The van der Waals surface area contributed by atoms with Crippen LogP contribution in [0.1, 0.15) is 0 Å². The van der Waals surface area contributed by atoms with Crippen LogP contribution in [0.3, 0.4) is 0 Å². The molecule has 0 N–H and O–H groups in total. The molecule has 0 aliphatic heterocycles. The van der Waals surface area contributed by atoms with Crippen molar-refractivity contribution in [2.24, 2.45) is 0 Å². The summed E-state index contributed by atoms with van der Waals surface area (Å²) < 4.78 is 0. The van der Waals surface area contributed by atoms with Crippen molar-refractivity contribution in [2.45, 2.75) is 0 Å². The number of hydrogen-bond donors (Lipinski definition) is 0. The molecule has 0 radical (unpaired) electrons. The SMILES string of the molecule is [F-].[F-].[F-].[F-].[F-].[F-].[F-].[K+].[U]. The molecule has 9 heavy (non-hydrogen) atoms. The summed E-state index contributed by atoms with van der Waals surface area (Å²) in [5.74, 6) is 0. The summed E-state index contributed by atoms with van der Waals surface area (Å²) in [4.78, 5) is 0. The standard InChI is InChI=1S/7FH.K.U/h7*1H;;/q;;;;;;;+1;/p-7. The van der Waals surface area contributed by atoms with Crippen LogP contribution in [0.4, 0.5) is 0 Å². The minimum atomic E-state index is 0. The van der Waals surface area contributed by atoms with Crippen LogP contribution < -0.4 is 84.3 Å². The van der Waals surface area contributed by atoms with Gasteiger partial charge in [-0.2, -0.15) is 0 Å². The van der Waals surface area contributed by atoms with Crippen LogP contribution in [0.2, 0.25) is 0 Å². The van der Waals surface area contributed by atoms with Gasteiger partial charge in [0, 0.05) is 31.1 Å². The van der Waals surface area contributed by atoms with Gasteiger partial charge in [0.2, 0.25) is 0 Å². The Morgan fingerprint density at radius 1 is 0.333 bits per heavy atom. The average molecular weight is 410 g/mol. The van der Waals surface area contributed by atoms with E-state index >= 15 is 0 Å². The van der Waals surface area contributed by atoms with Crippen LogP contribution in [0.15, 0.2) is 0 Å². The molecule has 0 fully saturated rings. The first-order valence-corrected chi connectivity index (χ1v) is 0. The van der Waals surface area contributed by atoms with Gasteiger partial charge in [-0.3, -0.25) is 0 Å². The molecule has 0 atom stereocenters. The van der Waals surface area contributed by atoms with Gasteiger partial charge in [-0.1, -0.05) is 0 Å². The predicted octanol–water partition coefficient (Wildman–Crippen LogP) is -24.0. The maximum atomic E-state index is 0. The van der Waals surface area contributed by atoms with Gasteiger partial charge < -0.3 is 32.9 Å². The molecule has 0 bridgehead atoms. The van der Waals surface area contributed by atoms with Gasteiger partial charge in [0.25, 0.3) is 0 Å². The Bertz CT molecular complexity index is 8.88. The minimum Gasteiger partial charge on any atom is -1.00 e. The van der Waals surface area contributed by atoms with Crippen molar-refractivity contribution in [3.63, 3.8) is 0 Å². The second kappa shape index (κ2) is 179. The van der Waals surface area contributed by atoms with Crippen molar-refractivity contribution in [3.8, 4) is 0 Å². The van der Waals surface area contributed by atoms with E-state index in [1.165, 1.54) is 0 Å². The van der Waals surface area contributed by atoms with Crippen molar-refractivity contribution in [3.05, 3.63) is 0 Å². The van der Waals surface area contributed by atoms with Gasteiger partial charge in [-0.25, -0.2) is 0 Å². The molecule has 60 valence electrons. The van der Waals surface area contributed by atoms with Gasteiger partial charge in [0.1, 0.15) is 0 Å². The van der Waals surface area contributed by atoms with E-state index in [4.69, 9.17) is 0 Å². The van der Waals surface area contributed by atoms with E-state index in [2.05, 4.69) is 0 Å². The van der Waals surface area contributed by atoms with Crippen molar-refractivity contribution in [1.29, 1.82) is 0 Å². The molecule has 0 aromatic rings. The maximum absolute atomic E-state index is 0. The van der Waals surface area contributed by atoms with E-state index in [1.54, 1.807) is 0 Å². The minimum absolute atomic E-state index is 0. The zero-order valence-corrected chi connectivity index (χ0v) is 11.4. The Kier molecular flexibility index (Phi) is 4780. The second-order valence-electron chi connectivity index (χ2n) is 0. The molecule has 0 aliphatic carbocycles. The average Bonchev–Trinajstić information content (AvgIpc) is 0. The summed E-state index contributed by atoms with van der Waals surface area (Å²) >= 11 is 0. The molecular weight excluding hydrogens is 410 g/mol. The van der Waals surface area contributed by atoms with E-state index in [1.807, 2.05) is 0 Å². The van der Waals surface area contributed by atoms with Crippen molar-refractivity contribution >= 4 is 0 Å². The quantitative estimate of drug-likeness (QED) is 0.275. The monoisotopic (exact) mass is 410 g/mol. The molecule has 0 aromatic carbocycles. The maximum Gasteiger partial charge on any atom is 1.00 e. The molecule has 9 heteroatoms.